The Bertz CT molecular complexity index is 511. The molecule has 0 saturated carbocycles. The molecule has 1 aromatic heterocycles. The van der Waals surface area contributed by atoms with Crippen molar-refractivity contribution in [1.82, 2.24) is 4.98 Å². The van der Waals surface area contributed by atoms with Gasteiger partial charge in [0, 0.05) is 28.1 Å². The zero-order chi connectivity index (χ0) is 11.5. The first-order valence-electron chi connectivity index (χ1n) is 4.90. The lowest BCUT2D eigenvalue weighted by Gasteiger charge is -2.10. The highest BCUT2D eigenvalue weighted by Gasteiger charge is 2.00. The number of aryl methyl sites for hydroxylation is 1. The number of hydrogen-bond donors (Lipinski definition) is 2. The van der Waals surface area contributed by atoms with E-state index in [0.717, 1.165) is 15.8 Å². The molecule has 82 valence electrons. The molecule has 0 aliphatic carbocycles. The second-order valence-corrected chi connectivity index (χ2v) is 4.47. The number of benzene rings is 1. The lowest BCUT2D eigenvalue weighted by atomic mass is 10.2. The molecule has 3 nitrogen and oxygen atoms in total. The Balaban J connectivity index is 2.30. The van der Waals surface area contributed by atoms with E-state index in [4.69, 9.17) is 5.73 Å². The van der Waals surface area contributed by atoms with Crippen LogP contribution in [-0.2, 0) is 0 Å². The van der Waals surface area contributed by atoms with Crippen molar-refractivity contribution in [2.75, 3.05) is 11.1 Å². The molecule has 0 amide bonds. The van der Waals surface area contributed by atoms with Crippen molar-refractivity contribution < 1.29 is 0 Å². The molecular formula is C12H12BrN3. The van der Waals surface area contributed by atoms with Gasteiger partial charge in [-0.2, -0.15) is 0 Å². The minimum absolute atomic E-state index is 0.512. The molecule has 1 heterocycles. The molecule has 2 aromatic rings. The molecule has 16 heavy (non-hydrogen) atoms. The Kier molecular flexibility index (Phi) is 3.10. The van der Waals surface area contributed by atoms with Crippen LogP contribution < -0.4 is 11.1 Å². The topological polar surface area (TPSA) is 50.9 Å². The molecule has 2 rings (SSSR count). The molecule has 1 aromatic carbocycles. The van der Waals surface area contributed by atoms with E-state index in [1.165, 1.54) is 5.56 Å². The Morgan fingerprint density at radius 3 is 2.81 bits per heavy atom. The molecule has 4 heteroatoms. The fourth-order valence-corrected chi connectivity index (χ4v) is 1.77. The minimum atomic E-state index is 0.512. The van der Waals surface area contributed by atoms with Crippen molar-refractivity contribution >= 4 is 33.1 Å². The SMILES string of the molecule is Cc1ccc(Br)cc1Nc1ccnc(N)c1. The van der Waals surface area contributed by atoms with Gasteiger partial charge in [0.05, 0.1) is 0 Å². The van der Waals surface area contributed by atoms with E-state index >= 15 is 0 Å². The number of nitrogens with two attached hydrogens (primary N) is 1. The Labute approximate surface area is 103 Å². The molecule has 0 bridgehead atoms. The van der Waals surface area contributed by atoms with Crippen molar-refractivity contribution in [3.8, 4) is 0 Å². The number of hydrogen-bond acceptors (Lipinski definition) is 3. The maximum atomic E-state index is 5.62. The van der Waals surface area contributed by atoms with Gasteiger partial charge in [0.2, 0.25) is 0 Å². The first-order chi connectivity index (χ1) is 7.65. The van der Waals surface area contributed by atoms with Crippen LogP contribution in [-0.4, -0.2) is 4.98 Å². The number of rotatable bonds is 2. The highest BCUT2D eigenvalue weighted by Crippen LogP contribution is 2.24. The monoisotopic (exact) mass is 277 g/mol. The van der Waals surface area contributed by atoms with Crippen LogP contribution in [0.1, 0.15) is 5.56 Å². The average Bonchev–Trinajstić information content (AvgIpc) is 2.24. The Morgan fingerprint density at radius 1 is 1.25 bits per heavy atom. The predicted octanol–water partition coefficient (Wildman–Crippen LogP) is 3.48. The molecule has 3 N–H and O–H groups in total. The van der Waals surface area contributed by atoms with Crippen LogP contribution in [0.4, 0.5) is 17.2 Å². The molecule has 0 radical (unpaired) electrons. The fourth-order valence-electron chi connectivity index (χ4n) is 1.41. The van der Waals surface area contributed by atoms with Gasteiger partial charge in [-0.1, -0.05) is 22.0 Å². The Morgan fingerprint density at radius 2 is 2.06 bits per heavy atom. The minimum Gasteiger partial charge on any atom is -0.384 e. The second kappa shape index (κ2) is 4.53. The first kappa shape index (κ1) is 11.0. The number of aromatic nitrogens is 1. The molecule has 0 saturated heterocycles. The number of halogens is 1. The molecule has 0 unspecified atom stereocenters. The smallest absolute Gasteiger partial charge is 0.125 e. The van der Waals surface area contributed by atoms with Gasteiger partial charge in [0.1, 0.15) is 5.82 Å². The maximum Gasteiger partial charge on any atom is 0.125 e. The van der Waals surface area contributed by atoms with E-state index in [1.54, 1.807) is 12.3 Å². The molecular weight excluding hydrogens is 266 g/mol. The number of anilines is 3. The van der Waals surface area contributed by atoms with Gasteiger partial charge in [0.25, 0.3) is 0 Å². The summed E-state index contributed by atoms with van der Waals surface area (Å²) in [4.78, 5) is 3.95. The van der Waals surface area contributed by atoms with Crippen molar-refractivity contribution in [3.63, 3.8) is 0 Å². The zero-order valence-electron chi connectivity index (χ0n) is 8.87. The van der Waals surface area contributed by atoms with Crippen molar-refractivity contribution in [2.24, 2.45) is 0 Å². The van der Waals surface area contributed by atoms with Gasteiger partial charge in [-0.15, -0.1) is 0 Å². The molecule has 0 aliphatic heterocycles. The summed E-state index contributed by atoms with van der Waals surface area (Å²) in [6, 6.07) is 9.79. The van der Waals surface area contributed by atoms with Crippen LogP contribution >= 0.6 is 15.9 Å². The van der Waals surface area contributed by atoms with Crippen molar-refractivity contribution in [3.05, 3.63) is 46.6 Å². The van der Waals surface area contributed by atoms with Crippen LogP contribution in [0.3, 0.4) is 0 Å². The number of nitrogens with zero attached hydrogens (tertiary/aromatic N) is 1. The second-order valence-electron chi connectivity index (χ2n) is 3.55. The third kappa shape index (κ3) is 2.52. The lowest BCUT2D eigenvalue weighted by Crippen LogP contribution is -1.95. The standard InChI is InChI=1S/C12H12BrN3/c1-8-2-3-9(13)6-11(8)16-10-4-5-15-12(14)7-10/h2-7H,1H3,(H3,14,15,16). The van der Waals surface area contributed by atoms with Crippen LogP contribution in [0.5, 0.6) is 0 Å². The van der Waals surface area contributed by atoms with Gasteiger partial charge < -0.3 is 11.1 Å². The molecule has 0 spiro atoms. The van der Waals surface area contributed by atoms with E-state index in [0.29, 0.717) is 5.82 Å². The highest BCUT2D eigenvalue weighted by molar-refractivity contribution is 9.10. The van der Waals surface area contributed by atoms with Crippen LogP contribution in [0, 0.1) is 6.92 Å². The quantitative estimate of drug-likeness (QED) is 0.884. The highest BCUT2D eigenvalue weighted by atomic mass is 79.9. The van der Waals surface area contributed by atoms with E-state index in [-0.39, 0.29) is 0 Å². The van der Waals surface area contributed by atoms with Gasteiger partial charge >= 0.3 is 0 Å². The molecule has 0 atom stereocenters. The lowest BCUT2D eigenvalue weighted by molar-refractivity contribution is 1.33. The maximum absolute atomic E-state index is 5.62. The van der Waals surface area contributed by atoms with E-state index in [2.05, 4.69) is 39.2 Å². The van der Waals surface area contributed by atoms with E-state index in [9.17, 15) is 0 Å². The summed E-state index contributed by atoms with van der Waals surface area (Å²) >= 11 is 3.45. The summed E-state index contributed by atoms with van der Waals surface area (Å²) in [6.07, 6.45) is 1.69. The van der Waals surface area contributed by atoms with Crippen LogP contribution in [0.15, 0.2) is 41.0 Å². The largest absolute Gasteiger partial charge is 0.384 e. The summed E-state index contributed by atoms with van der Waals surface area (Å²) in [6.45, 7) is 2.05. The summed E-state index contributed by atoms with van der Waals surface area (Å²) in [5.41, 5.74) is 8.79. The van der Waals surface area contributed by atoms with Crippen molar-refractivity contribution in [2.45, 2.75) is 6.92 Å². The molecule has 0 fully saturated rings. The van der Waals surface area contributed by atoms with Gasteiger partial charge in [-0.3, -0.25) is 0 Å². The zero-order valence-corrected chi connectivity index (χ0v) is 10.5. The van der Waals surface area contributed by atoms with Crippen LogP contribution in [0.25, 0.3) is 0 Å². The number of nitrogen functional groups attached to an aromatic ring is 1. The average molecular weight is 278 g/mol. The van der Waals surface area contributed by atoms with E-state index < -0.39 is 0 Å². The van der Waals surface area contributed by atoms with E-state index in [1.807, 2.05) is 18.2 Å². The van der Waals surface area contributed by atoms with Gasteiger partial charge in [0.15, 0.2) is 0 Å². The number of pyridine rings is 1. The third-order valence-corrected chi connectivity index (χ3v) is 2.75. The summed E-state index contributed by atoms with van der Waals surface area (Å²) in [5, 5.41) is 3.30. The van der Waals surface area contributed by atoms with Gasteiger partial charge in [-0.25, -0.2) is 4.98 Å². The predicted molar refractivity (Wildman–Crippen MR) is 70.8 cm³/mol. The molecule has 0 aliphatic rings. The summed E-state index contributed by atoms with van der Waals surface area (Å²) in [5.74, 6) is 0.512. The first-order valence-corrected chi connectivity index (χ1v) is 5.69. The number of nitrogens with one attached hydrogen (secondary N) is 1. The normalized spacial score (nSPS) is 10.1. The third-order valence-electron chi connectivity index (χ3n) is 2.26. The Hall–Kier alpha value is -1.55. The summed E-state index contributed by atoms with van der Waals surface area (Å²) < 4.78 is 1.04. The fraction of sp³-hybridized carbons (Fsp3) is 0.0833. The summed E-state index contributed by atoms with van der Waals surface area (Å²) in [7, 11) is 0. The van der Waals surface area contributed by atoms with Crippen molar-refractivity contribution in [1.29, 1.82) is 0 Å². The van der Waals surface area contributed by atoms with Crippen LogP contribution in [0.2, 0.25) is 0 Å². The van der Waals surface area contributed by atoms with Gasteiger partial charge in [-0.05, 0) is 30.7 Å².